The molecule has 0 atom stereocenters. The Hall–Kier alpha value is -3.36. The molecular formula is C20H25F2N7O3. The van der Waals surface area contributed by atoms with E-state index in [1.165, 1.54) is 22.0 Å². The van der Waals surface area contributed by atoms with E-state index in [0.717, 1.165) is 0 Å². The number of rotatable bonds is 5. The zero-order valence-electron chi connectivity index (χ0n) is 18.4. The summed E-state index contributed by atoms with van der Waals surface area (Å²) in [6.45, 7) is 5.08. The second-order valence-electron chi connectivity index (χ2n) is 8.56. The lowest BCUT2D eigenvalue weighted by atomic mass is 9.91. The van der Waals surface area contributed by atoms with Gasteiger partial charge in [0.25, 0.3) is 0 Å². The van der Waals surface area contributed by atoms with E-state index in [-0.39, 0.29) is 49.8 Å². The van der Waals surface area contributed by atoms with E-state index in [4.69, 9.17) is 9.47 Å². The number of nitrogens with zero attached hydrogens (tertiary/aromatic N) is 7. The monoisotopic (exact) mass is 449 g/mol. The Morgan fingerprint density at radius 1 is 1.34 bits per heavy atom. The molecule has 0 unspecified atom stereocenters. The van der Waals surface area contributed by atoms with Crippen LogP contribution in [0.25, 0.3) is 0 Å². The number of alkyl halides is 2. The summed E-state index contributed by atoms with van der Waals surface area (Å²) in [5.41, 5.74) is -0.816. The van der Waals surface area contributed by atoms with Crippen molar-refractivity contribution in [2.24, 2.45) is 7.05 Å². The molecule has 3 rings (SSSR count). The van der Waals surface area contributed by atoms with Crippen LogP contribution in [0.5, 0.6) is 5.88 Å². The summed E-state index contributed by atoms with van der Waals surface area (Å²) in [5.74, 6) is -2.55. The standard InChI is InChI=1S/C20H25F2N7O3/c1-19(2,3)32-18(30)29(13-5-7-20(21,22)8-6-13)16-9-17(26-14(10-23)25-16)31-11-15-24-12-28(4)27-15/h9,12-13H,5-8,11H2,1-4H3. The van der Waals surface area contributed by atoms with Crippen LogP contribution in [0.3, 0.4) is 0 Å². The van der Waals surface area contributed by atoms with Gasteiger partial charge in [-0.05, 0) is 33.6 Å². The molecule has 0 N–H and O–H groups in total. The van der Waals surface area contributed by atoms with Gasteiger partial charge < -0.3 is 9.47 Å². The van der Waals surface area contributed by atoms with Crippen molar-refractivity contribution < 1.29 is 23.0 Å². The minimum atomic E-state index is -2.77. The maximum Gasteiger partial charge on any atom is 0.416 e. The first-order valence-corrected chi connectivity index (χ1v) is 10.1. The van der Waals surface area contributed by atoms with Crippen molar-refractivity contribution in [3.8, 4) is 11.9 Å². The summed E-state index contributed by atoms with van der Waals surface area (Å²) in [6.07, 6.45) is 0.170. The van der Waals surface area contributed by atoms with Gasteiger partial charge in [0.05, 0.1) is 0 Å². The fourth-order valence-corrected chi connectivity index (χ4v) is 3.27. The Kier molecular flexibility index (Phi) is 6.57. The van der Waals surface area contributed by atoms with Crippen LogP contribution in [-0.2, 0) is 18.4 Å². The van der Waals surface area contributed by atoms with Gasteiger partial charge in [0, 0.05) is 32.0 Å². The van der Waals surface area contributed by atoms with Crippen LogP contribution in [0.1, 0.15) is 58.1 Å². The molecule has 2 aromatic rings. The number of carbonyl (C=O) groups excluding carboxylic acids is 1. The summed E-state index contributed by atoms with van der Waals surface area (Å²) < 4.78 is 40.1. The molecule has 32 heavy (non-hydrogen) atoms. The van der Waals surface area contributed by atoms with Crippen molar-refractivity contribution in [2.45, 2.75) is 70.6 Å². The molecule has 0 radical (unpaired) electrons. The van der Waals surface area contributed by atoms with E-state index in [0.29, 0.717) is 5.82 Å². The van der Waals surface area contributed by atoms with Gasteiger partial charge in [0.1, 0.15) is 23.8 Å². The van der Waals surface area contributed by atoms with Gasteiger partial charge in [-0.2, -0.15) is 15.3 Å². The number of amides is 1. The molecule has 0 aliphatic heterocycles. The van der Waals surface area contributed by atoms with E-state index in [1.54, 1.807) is 27.8 Å². The number of aromatic nitrogens is 5. The van der Waals surface area contributed by atoms with Crippen LogP contribution >= 0.6 is 0 Å². The molecule has 0 spiro atoms. The highest BCUT2D eigenvalue weighted by Crippen LogP contribution is 2.37. The van der Waals surface area contributed by atoms with Crippen molar-refractivity contribution in [2.75, 3.05) is 4.90 Å². The van der Waals surface area contributed by atoms with Gasteiger partial charge >= 0.3 is 6.09 Å². The quantitative estimate of drug-likeness (QED) is 0.682. The number of carbonyl (C=O) groups is 1. The van der Waals surface area contributed by atoms with Gasteiger partial charge in [-0.3, -0.25) is 9.58 Å². The molecule has 1 fully saturated rings. The second kappa shape index (κ2) is 9.02. The fraction of sp³-hybridized carbons (Fsp3) is 0.600. The number of ether oxygens (including phenoxy) is 2. The van der Waals surface area contributed by atoms with Crippen LogP contribution in [0.4, 0.5) is 19.4 Å². The molecule has 10 nitrogen and oxygen atoms in total. The highest BCUT2D eigenvalue weighted by molar-refractivity contribution is 5.87. The topological polar surface area (TPSA) is 119 Å². The maximum atomic E-state index is 13.7. The first-order chi connectivity index (χ1) is 15.0. The highest BCUT2D eigenvalue weighted by atomic mass is 19.3. The van der Waals surface area contributed by atoms with Crippen LogP contribution in [0.2, 0.25) is 0 Å². The lowest BCUT2D eigenvalue weighted by molar-refractivity contribution is -0.0388. The number of hydrogen-bond acceptors (Lipinski definition) is 8. The summed E-state index contributed by atoms with van der Waals surface area (Å²) in [4.78, 5) is 26.4. The molecule has 12 heteroatoms. The lowest BCUT2D eigenvalue weighted by Gasteiger charge is -2.36. The SMILES string of the molecule is Cn1cnc(COc2cc(N(C(=O)OC(C)(C)C)C3CCC(F)(F)CC3)nc(C#N)n2)n1. The Balaban J connectivity index is 1.91. The largest absolute Gasteiger partial charge is 0.469 e. The predicted octanol–water partition coefficient (Wildman–Crippen LogP) is 3.38. The molecule has 1 amide bonds. The van der Waals surface area contributed by atoms with Crippen molar-refractivity contribution in [3.05, 3.63) is 24.0 Å². The molecular weight excluding hydrogens is 424 g/mol. The minimum absolute atomic E-state index is 0.0219. The van der Waals surface area contributed by atoms with Crippen molar-refractivity contribution >= 4 is 11.9 Å². The summed E-state index contributed by atoms with van der Waals surface area (Å²) in [6, 6.07) is 2.63. The van der Waals surface area contributed by atoms with Gasteiger partial charge in [-0.15, -0.1) is 0 Å². The number of nitriles is 1. The number of aryl methyl sites for hydroxylation is 1. The molecule has 0 aromatic carbocycles. The second-order valence-corrected chi connectivity index (χ2v) is 8.56. The molecule has 2 heterocycles. The molecule has 1 aliphatic carbocycles. The third-order valence-electron chi connectivity index (χ3n) is 4.67. The Morgan fingerprint density at radius 2 is 2.03 bits per heavy atom. The van der Waals surface area contributed by atoms with Crippen LogP contribution in [0, 0.1) is 11.3 Å². The maximum absolute atomic E-state index is 13.7. The fourth-order valence-electron chi connectivity index (χ4n) is 3.27. The zero-order valence-corrected chi connectivity index (χ0v) is 18.4. The van der Waals surface area contributed by atoms with Crippen molar-refractivity contribution in [1.82, 2.24) is 24.7 Å². The van der Waals surface area contributed by atoms with Crippen LogP contribution < -0.4 is 9.64 Å². The number of anilines is 1. The lowest BCUT2D eigenvalue weighted by Crippen LogP contribution is -2.47. The van der Waals surface area contributed by atoms with E-state index >= 15 is 0 Å². The molecule has 0 saturated heterocycles. The molecule has 1 aliphatic rings. The summed E-state index contributed by atoms with van der Waals surface area (Å²) in [7, 11) is 1.71. The average molecular weight is 449 g/mol. The van der Waals surface area contributed by atoms with Crippen LogP contribution in [0.15, 0.2) is 12.4 Å². The van der Waals surface area contributed by atoms with E-state index in [9.17, 15) is 18.8 Å². The van der Waals surface area contributed by atoms with Gasteiger partial charge in [-0.1, -0.05) is 0 Å². The Bertz CT molecular complexity index is 1000. The van der Waals surface area contributed by atoms with Gasteiger partial charge in [0.2, 0.25) is 17.6 Å². The first kappa shape index (κ1) is 23.3. The molecule has 1 saturated carbocycles. The van der Waals surface area contributed by atoms with Crippen LogP contribution in [-0.4, -0.2) is 48.4 Å². The highest BCUT2D eigenvalue weighted by Gasteiger charge is 2.40. The minimum Gasteiger partial charge on any atom is -0.469 e. The number of halogens is 2. The number of hydrogen-bond donors (Lipinski definition) is 0. The van der Waals surface area contributed by atoms with Gasteiger partial charge in [0.15, 0.2) is 12.4 Å². The summed E-state index contributed by atoms with van der Waals surface area (Å²) in [5, 5.41) is 13.5. The van der Waals surface area contributed by atoms with Crippen molar-refractivity contribution in [1.29, 1.82) is 5.26 Å². The Labute approximate surface area is 184 Å². The van der Waals surface area contributed by atoms with E-state index in [2.05, 4.69) is 20.1 Å². The van der Waals surface area contributed by atoms with E-state index in [1.807, 2.05) is 6.07 Å². The first-order valence-electron chi connectivity index (χ1n) is 10.1. The third-order valence-corrected chi connectivity index (χ3v) is 4.67. The zero-order chi connectivity index (χ0) is 23.5. The predicted molar refractivity (Wildman–Crippen MR) is 108 cm³/mol. The molecule has 0 bridgehead atoms. The normalized spacial score (nSPS) is 16.3. The van der Waals surface area contributed by atoms with Gasteiger partial charge in [-0.25, -0.2) is 23.5 Å². The summed E-state index contributed by atoms with van der Waals surface area (Å²) >= 11 is 0. The molecule has 2 aromatic heterocycles. The Morgan fingerprint density at radius 3 is 2.59 bits per heavy atom. The smallest absolute Gasteiger partial charge is 0.416 e. The van der Waals surface area contributed by atoms with Crippen molar-refractivity contribution in [3.63, 3.8) is 0 Å². The van der Waals surface area contributed by atoms with E-state index < -0.39 is 23.7 Å². The average Bonchev–Trinajstić information content (AvgIpc) is 3.11. The molecule has 172 valence electrons. The third kappa shape index (κ3) is 6.09.